The number of benzene rings is 1. The number of nitrogens with one attached hydrogen (secondary N) is 1. The van der Waals surface area contributed by atoms with E-state index in [-0.39, 0.29) is 0 Å². The topological polar surface area (TPSA) is 39.1 Å². The summed E-state index contributed by atoms with van der Waals surface area (Å²) in [5.74, 6) is 1.06. The highest BCUT2D eigenvalue weighted by atomic mass is 16.5. The van der Waals surface area contributed by atoms with Crippen LogP contribution in [-0.4, -0.2) is 35.9 Å². The SMILES string of the molecule is CCCNC(COC)Cn1c(C)nc2ccccc21. The maximum atomic E-state index is 5.31. The molecule has 0 aliphatic rings. The molecule has 2 rings (SSSR count). The van der Waals surface area contributed by atoms with Gasteiger partial charge in [0.05, 0.1) is 17.6 Å². The molecule has 1 atom stereocenters. The van der Waals surface area contributed by atoms with E-state index in [2.05, 4.69) is 46.9 Å². The van der Waals surface area contributed by atoms with Gasteiger partial charge < -0.3 is 14.6 Å². The van der Waals surface area contributed by atoms with Gasteiger partial charge in [-0.15, -0.1) is 0 Å². The van der Waals surface area contributed by atoms with Crippen molar-refractivity contribution < 1.29 is 4.74 Å². The standard InChI is InChI=1S/C15H23N3O/c1-4-9-16-13(11-19-3)10-18-12(2)17-14-7-5-6-8-15(14)18/h5-8,13,16H,4,9-11H2,1-3H3. The van der Waals surface area contributed by atoms with E-state index in [4.69, 9.17) is 4.74 Å². The highest BCUT2D eigenvalue weighted by Gasteiger charge is 2.13. The lowest BCUT2D eigenvalue weighted by Crippen LogP contribution is -2.37. The average molecular weight is 261 g/mol. The van der Waals surface area contributed by atoms with E-state index in [9.17, 15) is 0 Å². The number of hydrogen-bond donors (Lipinski definition) is 1. The molecule has 104 valence electrons. The Morgan fingerprint density at radius 2 is 2.16 bits per heavy atom. The van der Waals surface area contributed by atoms with Crippen LogP contribution in [0.2, 0.25) is 0 Å². The summed E-state index contributed by atoms with van der Waals surface area (Å²) in [6, 6.07) is 8.59. The first-order chi connectivity index (χ1) is 9.26. The number of aromatic nitrogens is 2. The summed E-state index contributed by atoms with van der Waals surface area (Å²) in [5.41, 5.74) is 2.26. The van der Waals surface area contributed by atoms with Gasteiger partial charge in [0, 0.05) is 19.7 Å². The zero-order chi connectivity index (χ0) is 13.7. The maximum absolute atomic E-state index is 5.31. The number of aryl methyl sites for hydroxylation is 1. The molecular formula is C15H23N3O. The molecule has 0 saturated carbocycles. The Kier molecular flexibility index (Phi) is 4.93. The summed E-state index contributed by atoms with van der Waals surface area (Å²) in [7, 11) is 1.75. The van der Waals surface area contributed by atoms with Crippen LogP contribution in [0.15, 0.2) is 24.3 Å². The molecule has 2 aromatic rings. The van der Waals surface area contributed by atoms with Crippen LogP contribution < -0.4 is 5.32 Å². The van der Waals surface area contributed by atoms with Gasteiger partial charge in [0.25, 0.3) is 0 Å². The first-order valence-corrected chi connectivity index (χ1v) is 6.90. The number of rotatable bonds is 7. The van der Waals surface area contributed by atoms with Crippen LogP contribution >= 0.6 is 0 Å². The molecule has 0 fully saturated rings. The minimum absolute atomic E-state index is 0.321. The summed E-state index contributed by atoms with van der Waals surface area (Å²) >= 11 is 0. The number of hydrogen-bond acceptors (Lipinski definition) is 3. The molecule has 0 amide bonds. The second kappa shape index (κ2) is 6.68. The molecule has 1 N–H and O–H groups in total. The van der Waals surface area contributed by atoms with E-state index in [1.807, 2.05) is 6.07 Å². The van der Waals surface area contributed by atoms with Gasteiger partial charge in [-0.2, -0.15) is 0 Å². The van der Waals surface area contributed by atoms with E-state index < -0.39 is 0 Å². The number of para-hydroxylation sites is 2. The van der Waals surface area contributed by atoms with Gasteiger partial charge in [-0.25, -0.2) is 4.98 Å². The molecule has 4 heteroatoms. The minimum atomic E-state index is 0.321. The summed E-state index contributed by atoms with van der Waals surface area (Å²) < 4.78 is 7.57. The first kappa shape index (κ1) is 14.0. The molecule has 0 spiro atoms. The van der Waals surface area contributed by atoms with Crippen molar-refractivity contribution in [2.45, 2.75) is 32.9 Å². The van der Waals surface area contributed by atoms with E-state index in [1.54, 1.807) is 7.11 Å². The third-order valence-corrected chi connectivity index (χ3v) is 3.30. The van der Waals surface area contributed by atoms with Crippen LogP contribution in [0.4, 0.5) is 0 Å². The zero-order valence-corrected chi connectivity index (χ0v) is 12.0. The van der Waals surface area contributed by atoms with Crippen LogP contribution in [0.25, 0.3) is 11.0 Å². The average Bonchev–Trinajstić information content (AvgIpc) is 2.73. The molecule has 4 nitrogen and oxygen atoms in total. The van der Waals surface area contributed by atoms with Crippen molar-refractivity contribution in [3.05, 3.63) is 30.1 Å². The van der Waals surface area contributed by atoms with Crippen molar-refractivity contribution in [3.8, 4) is 0 Å². The molecule has 19 heavy (non-hydrogen) atoms. The number of methoxy groups -OCH3 is 1. The fraction of sp³-hybridized carbons (Fsp3) is 0.533. The smallest absolute Gasteiger partial charge is 0.106 e. The van der Waals surface area contributed by atoms with Gasteiger partial charge in [-0.05, 0) is 32.0 Å². The number of nitrogens with zero attached hydrogens (tertiary/aromatic N) is 2. The number of imidazole rings is 1. The third-order valence-electron chi connectivity index (χ3n) is 3.30. The zero-order valence-electron chi connectivity index (χ0n) is 12.0. The molecule has 0 saturated heterocycles. The van der Waals surface area contributed by atoms with Crippen molar-refractivity contribution in [2.24, 2.45) is 0 Å². The maximum Gasteiger partial charge on any atom is 0.106 e. The van der Waals surface area contributed by atoms with E-state index >= 15 is 0 Å². The third kappa shape index (κ3) is 3.33. The van der Waals surface area contributed by atoms with Gasteiger partial charge in [0.2, 0.25) is 0 Å². The molecule has 0 bridgehead atoms. The molecular weight excluding hydrogens is 238 g/mol. The predicted molar refractivity (Wildman–Crippen MR) is 78.4 cm³/mol. The molecule has 0 aliphatic heterocycles. The van der Waals surface area contributed by atoms with E-state index in [0.717, 1.165) is 30.9 Å². The Balaban J connectivity index is 2.20. The monoisotopic (exact) mass is 261 g/mol. The lowest BCUT2D eigenvalue weighted by molar-refractivity contribution is 0.159. The number of fused-ring (bicyclic) bond motifs is 1. The second-order valence-corrected chi connectivity index (χ2v) is 4.86. The second-order valence-electron chi connectivity index (χ2n) is 4.86. The van der Waals surface area contributed by atoms with Gasteiger partial charge in [0.1, 0.15) is 5.82 Å². The van der Waals surface area contributed by atoms with Gasteiger partial charge in [-0.1, -0.05) is 19.1 Å². The van der Waals surface area contributed by atoms with Gasteiger partial charge >= 0.3 is 0 Å². The molecule has 1 aromatic heterocycles. The van der Waals surface area contributed by atoms with Gasteiger partial charge in [0.15, 0.2) is 0 Å². The highest BCUT2D eigenvalue weighted by Crippen LogP contribution is 2.15. The summed E-state index contributed by atoms with van der Waals surface area (Å²) in [6.45, 7) is 6.85. The molecule has 0 aliphatic carbocycles. The van der Waals surface area contributed by atoms with Crippen LogP contribution in [0, 0.1) is 6.92 Å². The lowest BCUT2D eigenvalue weighted by Gasteiger charge is -2.19. The normalized spacial score (nSPS) is 13.0. The van der Waals surface area contributed by atoms with Crippen LogP contribution in [0.5, 0.6) is 0 Å². The summed E-state index contributed by atoms with van der Waals surface area (Å²) in [6.07, 6.45) is 1.13. The van der Waals surface area contributed by atoms with Crippen LogP contribution in [-0.2, 0) is 11.3 Å². The lowest BCUT2D eigenvalue weighted by atomic mass is 10.2. The minimum Gasteiger partial charge on any atom is -0.383 e. The Morgan fingerprint density at radius 3 is 2.89 bits per heavy atom. The van der Waals surface area contributed by atoms with Crippen molar-refractivity contribution in [1.82, 2.24) is 14.9 Å². The first-order valence-electron chi connectivity index (χ1n) is 6.90. The van der Waals surface area contributed by atoms with Crippen molar-refractivity contribution >= 4 is 11.0 Å². The van der Waals surface area contributed by atoms with E-state index in [1.165, 1.54) is 5.52 Å². The fourth-order valence-corrected chi connectivity index (χ4v) is 2.37. The molecule has 0 radical (unpaired) electrons. The predicted octanol–water partition coefficient (Wildman–Crippen LogP) is 2.36. The van der Waals surface area contributed by atoms with E-state index in [0.29, 0.717) is 12.6 Å². The van der Waals surface area contributed by atoms with Crippen LogP contribution in [0.1, 0.15) is 19.2 Å². The Hall–Kier alpha value is -1.39. The van der Waals surface area contributed by atoms with Crippen molar-refractivity contribution in [2.75, 3.05) is 20.3 Å². The Morgan fingerprint density at radius 1 is 1.37 bits per heavy atom. The van der Waals surface area contributed by atoms with Gasteiger partial charge in [-0.3, -0.25) is 0 Å². The highest BCUT2D eigenvalue weighted by molar-refractivity contribution is 5.75. The summed E-state index contributed by atoms with van der Waals surface area (Å²) in [4.78, 5) is 4.60. The largest absolute Gasteiger partial charge is 0.383 e. The quantitative estimate of drug-likeness (QED) is 0.831. The number of ether oxygens (including phenoxy) is 1. The molecule has 1 unspecified atom stereocenters. The Labute approximate surface area is 114 Å². The summed E-state index contributed by atoms with van der Waals surface area (Å²) in [5, 5.41) is 3.53. The Bertz CT molecular complexity index is 521. The molecule has 1 heterocycles. The van der Waals surface area contributed by atoms with Crippen molar-refractivity contribution in [1.29, 1.82) is 0 Å². The molecule has 1 aromatic carbocycles. The van der Waals surface area contributed by atoms with Crippen molar-refractivity contribution in [3.63, 3.8) is 0 Å². The van der Waals surface area contributed by atoms with Crippen LogP contribution in [0.3, 0.4) is 0 Å². The fourth-order valence-electron chi connectivity index (χ4n) is 2.37.